The molecule has 90 valence electrons. The third-order valence-corrected chi connectivity index (χ3v) is 3.16. The third kappa shape index (κ3) is 1.69. The average molecular weight is 237 g/mol. The lowest BCUT2D eigenvalue weighted by Crippen LogP contribution is -2.05. The van der Waals surface area contributed by atoms with Crippen molar-refractivity contribution in [2.75, 3.05) is 0 Å². The fourth-order valence-electron chi connectivity index (χ4n) is 2.25. The van der Waals surface area contributed by atoms with Crippen molar-refractivity contribution in [1.29, 1.82) is 0 Å². The summed E-state index contributed by atoms with van der Waals surface area (Å²) < 4.78 is 1.96. The molecule has 0 amide bonds. The Balaban J connectivity index is 2.26. The molecule has 0 unspecified atom stereocenters. The molecule has 0 atom stereocenters. The van der Waals surface area contributed by atoms with Crippen molar-refractivity contribution in [1.82, 2.24) is 9.78 Å². The van der Waals surface area contributed by atoms with E-state index < -0.39 is 0 Å². The largest absolute Gasteiger partial charge is 0.326 e. The summed E-state index contributed by atoms with van der Waals surface area (Å²) in [4.78, 5) is 0. The Bertz CT molecular complexity index is 698. The standard InChI is InChI=1S/C15H15N3/c1-11-6-7-15(13(8-11)9-16)18-14-5-3-2-4-12(14)10-17-18/h2-8,10H,9,16H2,1H3. The monoisotopic (exact) mass is 237 g/mol. The molecule has 1 aromatic heterocycles. The minimum atomic E-state index is 0.519. The van der Waals surface area contributed by atoms with E-state index in [9.17, 15) is 0 Å². The second-order valence-electron chi connectivity index (χ2n) is 4.45. The van der Waals surface area contributed by atoms with Crippen molar-refractivity contribution in [3.63, 3.8) is 0 Å². The van der Waals surface area contributed by atoms with Crippen LogP contribution in [0.1, 0.15) is 11.1 Å². The lowest BCUT2D eigenvalue weighted by atomic mass is 10.1. The van der Waals surface area contributed by atoms with Crippen LogP contribution in [0, 0.1) is 6.92 Å². The van der Waals surface area contributed by atoms with E-state index >= 15 is 0 Å². The second kappa shape index (κ2) is 4.27. The van der Waals surface area contributed by atoms with Crippen molar-refractivity contribution < 1.29 is 0 Å². The van der Waals surface area contributed by atoms with Gasteiger partial charge < -0.3 is 5.73 Å². The molecule has 1 heterocycles. The van der Waals surface area contributed by atoms with Crippen molar-refractivity contribution in [2.45, 2.75) is 13.5 Å². The number of benzene rings is 2. The Kier molecular flexibility index (Phi) is 2.61. The zero-order chi connectivity index (χ0) is 12.5. The van der Waals surface area contributed by atoms with Crippen molar-refractivity contribution in [3.8, 4) is 5.69 Å². The van der Waals surface area contributed by atoms with E-state index in [4.69, 9.17) is 5.73 Å². The van der Waals surface area contributed by atoms with Gasteiger partial charge in [0.25, 0.3) is 0 Å². The molecule has 0 aliphatic rings. The average Bonchev–Trinajstić information content (AvgIpc) is 2.82. The fraction of sp³-hybridized carbons (Fsp3) is 0.133. The number of para-hydroxylation sites is 1. The van der Waals surface area contributed by atoms with Crippen LogP contribution in [0.15, 0.2) is 48.7 Å². The number of aryl methyl sites for hydroxylation is 1. The molecule has 3 rings (SSSR count). The fourth-order valence-corrected chi connectivity index (χ4v) is 2.25. The first-order valence-corrected chi connectivity index (χ1v) is 6.02. The summed E-state index contributed by atoms with van der Waals surface area (Å²) in [5.74, 6) is 0. The molecule has 0 spiro atoms. The van der Waals surface area contributed by atoms with E-state index in [0.29, 0.717) is 6.54 Å². The molecular weight excluding hydrogens is 222 g/mol. The van der Waals surface area contributed by atoms with E-state index in [-0.39, 0.29) is 0 Å². The van der Waals surface area contributed by atoms with Gasteiger partial charge in [-0.25, -0.2) is 4.68 Å². The van der Waals surface area contributed by atoms with Gasteiger partial charge in [0, 0.05) is 11.9 Å². The molecule has 0 bridgehead atoms. The third-order valence-electron chi connectivity index (χ3n) is 3.16. The van der Waals surface area contributed by atoms with E-state index in [1.54, 1.807) is 0 Å². The van der Waals surface area contributed by atoms with E-state index in [2.05, 4.69) is 42.4 Å². The van der Waals surface area contributed by atoms with Crippen molar-refractivity contribution >= 4 is 10.9 Å². The number of hydrogen-bond donors (Lipinski definition) is 1. The zero-order valence-corrected chi connectivity index (χ0v) is 10.3. The summed E-state index contributed by atoms with van der Waals surface area (Å²) in [6.45, 7) is 2.59. The van der Waals surface area contributed by atoms with Crippen molar-refractivity contribution in [2.24, 2.45) is 5.73 Å². The highest BCUT2D eigenvalue weighted by Gasteiger charge is 2.08. The Morgan fingerprint density at radius 1 is 1.17 bits per heavy atom. The van der Waals surface area contributed by atoms with Crippen LogP contribution in [0.3, 0.4) is 0 Å². The maximum Gasteiger partial charge on any atom is 0.0741 e. The number of rotatable bonds is 2. The van der Waals surface area contributed by atoms with Crippen LogP contribution >= 0.6 is 0 Å². The van der Waals surface area contributed by atoms with Crippen LogP contribution in [-0.2, 0) is 6.54 Å². The molecule has 0 fully saturated rings. The molecule has 0 aliphatic carbocycles. The first-order chi connectivity index (χ1) is 8.79. The summed E-state index contributed by atoms with van der Waals surface area (Å²) in [6, 6.07) is 14.5. The predicted molar refractivity (Wildman–Crippen MR) is 73.7 cm³/mol. The summed E-state index contributed by atoms with van der Waals surface area (Å²) in [5.41, 5.74) is 10.3. The molecule has 3 heteroatoms. The normalized spacial score (nSPS) is 11.0. The smallest absolute Gasteiger partial charge is 0.0741 e. The van der Waals surface area contributed by atoms with Crippen LogP contribution in [0.2, 0.25) is 0 Å². The lowest BCUT2D eigenvalue weighted by molar-refractivity contribution is 0.883. The van der Waals surface area contributed by atoms with E-state index in [1.165, 1.54) is 5.56 Å². The first kappa shape index (κ1) is 11.0. The van der Waals surface area contributed by atoms with Crippen LogP contribution in [0.25, 0.3) is 16.6 Å². The molecule has 0 radical (unpaired) electrons. The molecule has 2 aromatic carbocycles. The highest BCUT2D eigenvalue weighted by atomic mass is 15.3. The van der Waals surface area contributed by atoms with Gasteiger partial charge in [0.2, 0.25) is 0 Å². The maximum atomic E-state index is 5.83. The Morgan fingerprint density at radius 3 is 2.83 bits per heavy atom. The maximum absolute atomic E-state index is 5.83. The Labute approximate surface area is 106 Å². The highest BCUT2D eigenvalue weighted by molar-refractivity contribution is 5.80. The van der Waals surface area contributed by atoms with Gasteiger partial charge in [0.05, 0.1) is 17.4 Å². The molecule has 3 aromatic rings. The van der Waals surface area contributed by atoms with Gasteiger partial charge in [-0.1, -0.05) is 35.9 Å². The van der Waals surface area contributed by atoms with Gasteiger partial charge in [0.15, 0.2) is 0 Å². The number of aromatic nitrogens is 2. The van der Waals surface area contributed by atoms with Crippen molar-refractivity contribution in [3.05, 3.63) is 59.8 Å². The molecule has 0 saturated carbocycles. The highest BCUT2D eigenvalue weighted by Crippen LogP contribution is 2.21. The molecule has 18 heavy (non-hydrogen) atoms. The van der Waals surface area contributed by atoms with Gasteiger partial charge in [0.1, 0.15) is 0 Å². The molecular formula is C15H15N3. The Hall–Kier alpha value is -2.13. The van der Waals surface area contributed by atoms with Crippen LogP contribution in [0.5, 0.6) is 0 Å². The molecule has 0 aliphatic heterocycles. The minimum absolute atomic E-state index is 0.519. The topological polar surface area (TPSA) is 43.8 Å². The quantitative estimate of drug-likeness (QED) is 0.744. The number of fused-ring (bicyclic) bond motifs is 1. The predicted octanol–water partition coefficient (Wildman–Crippen LogP) is 2.79. The van der Waals surface area contributed by atoms with Crippen LogP contribution < -0.4 is 5.73 Å². The zero-order valence-electron chi connectivity index (χ0n) is 10.3. The minimum Gasteiger partial charge on any atom is -0.326 e. The summed E-state index contributed by atoms with van der Waals surface area (Å²) in [5, 5.41) is 5.60. The van der Waals surface area contributed by atoms with Gasteiger partial charge in [-0.2, -0.15) is 5.10 Å². The van der Waals surface area contributed by atoms with E-state index in [0.717, 1.165) is 22.2 Å². The number of hydrogen-bond acceptors (Lipinski definition) is 2. The molecule has 3 nitrogen and oxygen atoms in total. The summed E-state index contributed by atoms with van der Waals surface area (Å²) in [7, 11) is 0. The molecule has 0 saturated heterocycles. The van der Waals surface area contributed by atoms with Gasteiger partial charge >= 0.3 is 0 Å². The number of nitrogens with two attached hydrogens (primary N) is 1. The second-order valence-corrected chi connectivity index (χ2v) is 4.45. The van der Waals surface area contributed by atoms with Gasteiger partial charge in [-0.15, -0.1) is 0 Å². The van der Waals surface area contributed by atoms with Gasteiger partial charge in [-0.3, -0.25) is 0 Å². The molecule has 2 N–H and O–H groups in total. The van der Waals surface area contributed by atoms with E-state index in [1.807, 2.05) is 23.0 Å². The van der Waals surface area contributed by atoms with Gasteiger partial charge in [-0.05, 0) is 24.6 Å². The summed E-state index contributed by atoms with van der Waals surface area (Å²) >= 11 is 0. The van der Waals surface area contributed by atoms with Crippen LogP contribution in [0.4, 0.5) is 0 Å². The Morgan fingerprint density at radius 2 is 2.00 bits per heavy atom. The first-order valence-electron chi connectivity index (χ1n) is 6.02. The summed E-state index contributed by atoms with van der Waals surface area (Å²) in [6.07, 6.45) is 1.88. The number of nitrogens with zero attached hydrogens (tertiary/aromatic N) is 2. The lowest BCUT2D eigenvalue weighted by Gasteiger charge is -2.10. The van der Waals surface area contributed by atoms with Crippen LogP contribution in [-0.4, -0.2) is 9.78 Å². The SMILES string of the molecule is Cc1ccc(-n2ncc3ccccc32)c(CN)c1.